The third-order valence-corrected chi connectivity index (χ3v) is 3.93. The molecule has 0 unspecified atom stereocenters. The van der Waals surface area contributed by atoms with E-state index in [4.69, 9.17) is 4.52 Å². The monoisotopic (exact) mass is 348 g/mol. The van der Waals surface area contributed by atoms with E-state index in [1.54, 1.807) is 49.8 Å². The molecule has 4 aromatic rings. The van der Waals surface area contributed by atoms with Gasteiger partial charge in [0, 0.05) is 30.4 Å². The van der Waals surface area contributed by atoms with Crippen molar-refractivity contribution in [2.45, 2.75) is 19.9 Å². The predicted octanol–water partition coefficient (Wildman–Crippen LogP) is 2.58. The van der Waals surface area contributed by atoms with Crippen molar-refractivity contribution >= 4 is 11.6 Å². The van der Waals surface area contributed by atoms with Gasteiger partial charge in [0.2, 0.25) is 11.7 Å². The second kappa shape index (κ2) is 6.40. The van der Waals surface area contributed by atoms with Crippen LogP contribution in [0.15, 0.2) is 53.6 Å². The summed E-state index contributed by atoms with van der Waals surface area (Å²) in [5.41, 5.74) is 3.02. The van der Waals surface area contributed by atoms with Crippen LogP contribution in [-0.4, -0.2) is 30.4 Å². The van der Waals surface area contributed by atoms with E-state index in [0.717, 1.165) is 16.9 Å². The number of fused-ring (bicyclic) bond motifs is 1. The van der Waals surface area contributed by atoms with Crippen LogP contribution in [0.25, 0.3) is 17.0 Å². The molecule has 0 spiro atoms. The van der Waals surface area contributed by atoms with E-state index in [2.05, 4.69) is 25.4 Å². The summed E-state index contributed by atoms with van der Waals surface area (Å²) in [7, 11) is 0. The van der Waals surface area contributed by atoms with Crippen LogP contribution in [0, 0.1) is 6.92 Å². The molecule has 4 rings (SSSR count). The molecule has 0 saturated carbocycles. The lowest BCUT2D eigenvalue weighted by atomic mass is 10.2. The third kappa shape index (κ3) is 3.04. The van der Waals surface area contributed by atoms with Crippen LogP contribution in [0.1, 0.15) is 34.9 Å². The summed E-state index contributed by atoms with van der Waals surface area (Å²) in [6, 6.07) is 6.70. The molecule has 0 bridgehead atoms. The van der Waals surface area contributed by atoms with Gasteiger partial charge in [-0.15, -0.1) is 0 Å². The quantitative estimate of drug-likeness (QED) is 0.609. The third-order valence-electron chi connectivity index (χ3n) is 3.93. The number of carbonyl (C=O) groups excluding carboxylic acids is 1. The summed E-state index contributed by atoms with van der Waals surface area (Å²) in [4.78, 5) is 25.2. The van der Waals surface area contributed by atoms with Gasteiger partial charge >= 0.3 is 0 Å². The Morgan fingerprint density at radius 2 is 1.96 bits per heavy atom. The molecule has 0 aliphatic carbocycles. The Labute approximate surface area is 148 Å². The molecular formula is C18H16N6O2. The summed E-state index contributed by atoms with van der Waals surface area (Å²) in [6.45, 7) is 3.70. The second-order valence-corrected chi connectivity index (χ2v) is 5.95. The SMILES string of the molecule is Cc1cn2cc(C(=O)N[C@@H](C)c3nc(-c4ccncc4)no3)ccc2n1. The molecule has 0 fully saturated rings. The number of carbonyl (C=O) groups is 1. The molecule has 4 heterocycles. The average Bonchev–Trinajstić information content (AvgIpc) is 3.27. The largest absolute Gasteiger partial charge is 0.340 e. The fourth-order valence-corrected chi connectivity index (χ4v) is 2.62. The number of pyridine rings is 2. The van der Waals surface area contributed by atoms with Crippen molar-refractivity contribution in [3.8, 4) is 11.4 Å². The number of hydrogen-bond acceptors (Lipinski definition) is 6. The summed E-state index contributed by atoms with van der Waals surface area (Å²) in [5, 5.41) is 6.82. The molecule has 130 valence electrons. The lowest BCUT2D eigenvalue weighted by molar-refractivity contribution is 0.0932. The van der Waals surface area contributed by atoms with Crippen molar-refractivity contribution in [1.82, 2.24) is 29.8 Å². The Morgan fingerprint density at radius 3 is 2.77 bits per heavy atom. The van der Waals surface area contributed by atoms with Crippen molar-refractivity contribution in [2.75, 3.05) is 0 Å². The maximum atomic E-state index is 12.5. The Balaban J connectivity index is 1.51. The first-order valence-corrected chi connectivity index (χ1v) is 8.10. The standard InChI is InChI=1S/C18H16N6O2/c1-11-9-24-10-14(3-4-15(24)20-11)17(25)21-12(2)18-22-16(23-26-18)13-5-7-19-8-6-13/h3-10,12H,1-2H3,(H,21,25)/t12-/m0/s1. The molecule has 26 heavy (non-hydrogen) atoms. The van der Waals surface area contributed by atoms with Crippen molar-refractivity contribution in [1.29, 1.82) is 0 Å². The highest BCUT2D eigenvalue weighted by atomic mass is 16.5. The molecular weight excluding hydrogens is 332 g/mol. The van der Waals surface area contributed by atoms with Crippen molar-refractivity contribution in [3.63, 3.8) is 0 Å². The highest BCUT2D eigenvalue weighted by Crippen LogP contribution is 2.18. The lowest BCUT2D eigenvalue weighted by Gasteiger charge is -2.09. The van der Waals surface area contributed by atoms with Gasteiger partial charge in [-0.25, -0.2) is 4.98 Å². The van der Waals surface area contributed by atoms with Gasteiger partial charge in [-0.2, -0.15) is 4.98 Å². The highest BCUT2D eigenvalue weighted by Gasteiger charge is 2.18. The van der Waals surface area contributed by atoms with E-state index >= 15 is 0 Å². The number of aromatic nitrogens is 5. The highest BCUT2D eigenvalue weighted by molar-refractivity contribution is 5.94. The molecule has 0 radical (unpaired) electrons. The molecule has 8 nitrogen and oxygen atoms in total. The van der Waals surface area contributed by atoms with Crippen molar-refractivity contribution in [2.24, 2.45) is 0 Å². The number of aryl methyl sites for hydroxylation is 1. The molecule has 1 atom stereocenters. The summed E-state index contributed by atoms with van der Waals surface area (Å²) < 4.78 is 7.10. The first-order chi connectivity index (χ1) is 12.6. The number of nitrogens with one attached hydrogen (secondary N) is 1. The zero-order valence-electron chi connectivity index (χ0n) is 14.2. The van der Waals surface area contributed by atoms with Crippen LogP contribution in [0.3, 0.4) is 0 Å². The first-order valence-electron chi connectivity index (χ1n) is 8.10. The van der Waals surface area contributed by atoms with E-state index in [9.17, 15) is 4.79 Å². The van der Waals surface area contributed by atoms with Crippen molar-refractivity contribution < 1.29 is 9.32 Å². The van der Waals surface area contributed by atoms with Crippen molar-refractivity contribution in [3.05, 3.63) is 66.2 Å². The first kappa shape index (κ1) is 15.9. The minimum Gasteiger partial charge on any atom is -0.340 e. The van der Waals surface area contributed by atoms with E-state index < -0.39 is 6.04 Å². The van der Waals surface area contributed by atoms with Crippen LogP contribution < -0.4 is 5.32 Å². The van der Waals surface area contributed by atoms with E-state index in [0.29, 0.717) is 17.3 Å². The average molecular weight is 348 g/mol. The van der Waals surface area contributed by atoms with Gasteiger partial charge in [0.15, 0.2) is 0 Å². The Bertz CT molecular complexity index is 1070. The number of imidazole rings is 1. The predicted molar refractivity (Wildman–Crippen MR) is 93.3 cm³/mol. The maximum absolute atomic E-state index is 12.5. The van der Waals surface area contributed by atoms with E-state index in [-0.39, 0.29) is 5.91 Å². The number of hydrogen-bond donors (Lipinski definition) is 1. The molecule has 8 heteroatoms. The van der Waals surface area contributed by atoms with Crippen LogP contribution >= 0.6 is 0 Å². The van der Waals surface area contributed by atoms with Gasteiger partial charge in [-0.1, -0.05) is 5.16 Å². The van der Waals surface area contributed by atoms with Gasteiger partial charge < -0.3 is 14.2 Å². The molecule has 1 amide bonds. The molecule has 4 aromatic heterocycles. The molecule has 0 aromatic carbocycles. The fraction of sp³-hybridized carbons (Fsp3) is 0.167. The van der Waals surface area contributed by atoms with Crippen LogP contribution in [-0.2, 0) is 0 Å². The van der Waals surface area contributed by atoms with E-state index in [1.807, 2.05) is 17.5 Å². The number of amides is 1. The summed E-state index contributed by atoms with van der Waals surface area (Å²) >= 11 is 0. The smallest absolute Gasteiger partial charge is 0.253 e. The van der Waals surface area contributed by atoms with Gasteiger partial charge in [0.25, 0.3) is 5.91 Å². The lowest BCUT2D eigenvalue weighted by Crippen LogP contribution is -2.27. The zero-order chi connectivity index (χ0) is 18.1. The minimum absolute atomic E-state index is 0.227. The van der Waals surface area contributed by atoms with Gasteiger partial charge in [0.05, 0.1) is 11.3 Å². The number of nitrogens with zero attached hydrogens (tertiary/aromatic N) is 5. The maximum Gasteiger partial charge on any atom is 0.253 e. The molecule has 0 saturated heterocycles. The second-order valence-electron chi connectivity index (χ2n) is 5.95. The van der Waals surface area contributed by atoms with Crippen LogP contribution in [0.2, 0.25) is 0 Å². The fourth-order valence-electron chi connectivity index (χ4n) is 2.62. The van der Waals surface area contributed by atoms with Gasteiger partial charge in [-0.3, -0.25) is 9.78 Å². The molecule has 0 aliphatic rings. The van der Waals surface area contributed by atoms with Crippen LogP contribution in [0.5, 0.6) is 0 Å². The van der Waals surface area contributed by atoms with E-state index in [1.165, 1.54) is 0 Å². The Hall–Kier alpha value is -3.55. The summed E-state index contributed by atoms with van der Waals surface area (Å²) in [6.07, 6.45) is 6.93. The minimum atomic E-state index is -0.425. The van der Waals surface area contributed by atoms with Gasteiger partial charge in [-0.05, 0) is 38.1 Å². The van der Waals surface area contributed by atoms with Gasteiger partial charge in [0.1, 0.15) is 11.7 Å². The topological polar surface area (TPSA) is 98.2 Å². The number of rotatable bonds is 4. The summed E-state index contributed by atoms with van der Waals surface area (Å²) in [5.74, 6) is 0.568. The zero-order valence-corrected chi connectivity index (χ0v) is 14.2. The normalized spacial score (nSPS) is 12.2. The Kier molecular flexibility index (Phi) is 3.92. The molecule has 0 aliphatic heterocycles. The molecule has 1 N–H and O–H groups in total. The van der Waals surface area contributed by atoms with Crippen LogP contribution in [0.4, 0.5) is 0 Å². The Morgan fingerprint density at radius 1 is 1.15 bits per heavy atom.